The van der Waals surface area contributed by atoms with Crippen LogP contribution in [0.25, 0.3) is 0 Å². The molecule has 1 rings (SSSR count). The van der Waals surface area contributed by atoms with Crippen LogP contribution < -0.4 is 0 Å². The predicted molar refractivity (Wildman–Crippen MR) is 51.2 cm³/mol. The lowest BCUT2D eigenvalue weighted by Gasteiger charge is -2.06. The molecule has 0 radical (unpaired) electrons. The van der Waals surface area contributed by atoms with Crippen LogP contribution in [0.2, 0.25) is 0 Å². The Kier molecular flexibility index (Phi) is 3.43. The highest BCUT2D eigenvalue weighted by Gasteiger charge is 2.05. The van der Waals surface area contributed by atoms with Gasteiger partial charge in [-0.2, -0.15) is 0 Å². The summed E-state index contributed by atoms with van der Waals surface area (Å²) in [4.78, 5) is 11.0. The van der Waals surface area contributed by atoms with Gasteiger partial charge >= 0.3 is 5.97 Å². The van der Waals surface area contributed by atoms with E-state index in [2.05, 4.69) is 4.74 Å². The van der Waals surface area contributed by atoms with Gasteiger partial charge in [-0.3, -0.25) is 0 Å². The zero-order chi connectivity index (χ0) is 11.5. The number of carbonyl (C=O) groups excluding carboxylic acids is 1. The molecule has 0 aliphatic carbocycles. The van der Waals surface area contributed by atoms with Gasteiger partial charge in [0.15, 0.2) is 0 Å². The van der Waals surface area contributed by atoms with Crippen LogP contribution in [-0.4, -0.2) is 26.0 Å². The molecule has 0 fully saturated rings. The monoisotopic (exact) mass is 229 g/mol. The van der Waals surface area contributed by atoms with Gasteiger partial charge in [-0.1, -0.05) is 12.1 Å². The Hall–Kier alpha value is -1.40. The molecule has 1 aromatic rings. The molecule has 5 nitrogen and oxygen atoms in total. The Morgan fingerprint density at radius 2 is 1.87 bits per heavy atom. The van der Waals surface area contributed by atoms with Crippen molar-refractivity contribution in [2.75, 3.05) is 7.11 Å². The summed E-state index contributed by atoms with van der Waals surface area (Å²) in [6.45, 7) is 0. The lowest BCUT2D eigenvalue weighted by molar-refractivity contribution is 0.0600. The van der Waals surface area contributed by atoms with Crippen LogP contribution in [-0.2, 0) is 20.6 Å². The fraction of sp³-hybridized carbons (Fsp3) is 0.222. The maximum atomic E-state index is 11.0. The molecule has 0 saturated heterocycles. The molecule has 6 heteroatoms. The minimum atomic E-state index is -4.28. The average molecular weight is 229 g/mol. The predicted octanol–water partition coefficient (Wildman–Crippen LogP) is 0.518. The quantitative estimate of drug-likeness (QED) is 0.557. The maximum Gasteiger partial charge on any atom is 0.337 e. The summed E-state index contributed by atoms with van der Waals surface area (Å²) in [5, 5.41) is 0. The van der Waals surface area contributed by atoms with Crippen molar-refractivity contribution >= 4 is 16.1 Å². The zero-order valence-electron chi connectivity index (χ0n) is 7.97. The third-order valence-corrected chi connectivity index (χ3v) is 2.41. The second-order valence-corrected chi connectivity index (χ2v) is 4.29. The molecule has 0 heterocycles. The number of esters is 1. The first-order valence-electron chi connectivity index (χ1n) is 4.03. The van der Waals surface area contributed by atoms with Crippen molar-refractivity contribution in [2.24, 2.45) is 0 Å². The number of carbonyl (C=O) groups is 1. The second kappa shape index (κ2) is 4.41. The fourth-order valence-electron chi connectivity index (χ4n) is 1.06. The molecule has 0 aliphatic rings. The third-order valence-electron chi connectivity index (χ3n) is 1.72. The molecule has 0 aromatic heterocycles. The summed E-state index contributed by atoms with van der Waals surface area (Å²) in [5.41, 5.74) is 0.655. The van der Waals surface area contributed by atoms with Crippen LogP contribution in [0.1, 0.15) is 15.9 Å². The van der Waals surface area contributed by atoms with Gasteiger partial charge < -0.3 is 9.29 Å². The SMILES string of the molecule is COC(=O)c1ccc(CS(=O)(=O)[O-])cc1. The largest absolute Gasteiger partial charge is 0.748 e. The van der Waals surface area contributed by atoms with Crippen LogP contribution in [0, 0.1) is 0 Å². The first-order valence-corrected chi connectivity index (χ1v) is 5.61. The van der Waals surface area contributed by atoms with Crippen molar-refractivity contribution in [1.82, 2.24) is 0 Å². The molecule has 0 atom stereocenters. The molecule has 0 spiro atoms. The van der Waals surface area contributed by atoms with E-state index in [0.29, 0.717) is 11.1 Å². The minimum Gasteiger partial charge on any atom is -0.748 e. The number of ether oxygens (including phenoxy) is 1. The molecular weight excluding hydrogens is 220 g/mol. The van der Waals surface area contributed by atoms with Gasteiger partial charge in [-0.05, 0) is 17.7 Å². The molecule has 0 bridgehead atoms. The van der Waals surface area contributed by atoms with E-state index >= 15 is 0 Å². The van der Waals surface area contributed by atoms with Crippen molar-refractivity contribution in [3.8, 4) is 0 Å². The summed E-state index contributed by atoms with van der Waals surface area (Å²) < 4.78 is 35.7. The van der Waals surface area contributed by atoms with Crippen molar-refractivity contribution in [3.63, 3.8) is 0 Å². The number of benzene rings is 1. The molecule has 0 unspecified atom stereocenters. The highest BCUT2D eigenvalue weighted by atomic mass is 32.2. The number of hydrogen-bond acceptors (Lipinski definition) is 5. The minimum absolute atomic E-state index is 0.310. The topological polar surface area (TPSA) is 83.5 Å². The molecule has 0 N–H and O–H groups in total. The van der Waals surface area contributed by atoms with Crippen LogP contribution in [0.3, 0.4) is 0 Å². The lowest BCUT2D eigenvalue weighted by Crippen LogP contribution is -2.04. The highest BCUT2D eigenvalue weighted by Crippen LogP contribution is 2.08. The van der Waals surface area contributed by atoms with Crippen molar-refractivity contribution in [1.29, 1.82) is 0 Å². The van der Waals surface area contributed by atoms with E-state index in [4.69, 9.17) is 0 Å². The zero-order valence-corrected chi connectivity index (χ0v) is 8.78. The van der Waals surface area contributed by atoms with E-state index in [0.717, 1.165) is 0 Å². The number of hydrogen-bond donors (Lipinski definition) is 0. The van der Waals surface area contributed by atoms with Gasteiger partial charge in [0, 0.05) is 0 Å². The van der Waals surface area contributed by atoms with Gasteiger partial charge in [0.05, 0.1) is 28.5 Å². The van der Waals surface area contributed by atoms with Crippen molar-refractivity contribution in [2.45, 2.75) is 5.75 Å². The van der Waals surface area contributed by atoms with E-state index in [1.165, 1.54) is 31.4 Å². The molecule has 0 aliphatic heterocycles. The summed E-state index contributed by atoms with van der Waals surface area (Å²) in [7, 11) is -3.03. The summed E-state index contributed by atoms with van der Waals surface area (Å²) in [6.07, 6.45) is 0. The highest BCUT2D eigenvalue weighted by molar-refractivity contribution is 7.84. The van der Waals surface area contributed by atoms with Crippen LogP contribution >= 0.6 is 0 Å². The summed E-state index contributed by atoms with van der Waals surface area (Å²) >= 11 is 0. The molecular formula is C9H9O5S-. The van der Waals surface area contributed by atoms with E-state index in [-0.39, 0.29) is 0 Å². The Bertz CT molecular complexity index is 446. The van der Waals surface area contributed by atoms with Gasteiger partial charge in [0.25, 0.3) is 0 Å². The smallest absolute Gasteiger partial charge is 0.337 e. The molecule has 82 valence electrons. The second-order valence-electron chi connectivity index (χ2n) is 2.89. The molecule has 1 aromatic carbocycles. The molecule has 0 amide bonds. The lowest BCUT2D eigenvalue weighted by atomic mass is 10.1. The third kappa shape index (κ3) is 3.69. The Balaban J connectivity index is 2.86. The van der Waals surface area contributed by atoms with Gasteiger partial charge in [-0.25, -0.2) is 13.2 Å². The van der Waals surface area contributed by atoms with Gasteiger partial charge in [-0.15, -0.1) is 0 Å². The van der Waals surface area contributed by atoms with Gasteiger partial charge in [0.2, 0.25) is 0 Å². The fourth-order valence-corrected chi connectivity index (χ4v) is 1.66. The first kappa shape index (κ1) is 11.7. The van der Waals surface area contributed by atoms with Crippen molar-refractivity contribution in [3.05, 3.63) is 35.4 Å². The van der Waals surface area contributed by atoms with Crippen LogP contribution in [0.5, 0.6) is 0 Å². The Labute approximate surface area is 87.4 Å². The number of rotatable bonds is 3. The van der Waals surface area contributed by atoms with Gasteiger partial charge in [0.1, 0.15) is 0 Å². The molecule has 0 saturated carbocycles. The molecule has 15 heavy (non-hydrogen) atoms. The van der Waals surface area contributed by atoms with E-state index in [9.17, 15) is 17.8 Å². The van der Waals surface area contributed by atoms with Crippen molar-refractivity contribution < 1.29 is 22.5 Å². The van der Waals surface area contributed by atoms with E-state index < -0.39 is 21.8 Å². The average Bonchev–Trinajstić information content (AvgIpc) is 2.15. The Morgan fingerprint density at radius 3 is 2.27 bits per heavy atom. The van der Waals surface area contributed by atoms with Crippen LogP contribution in [0.4, 0.5) is 0 Å². The van der Waals surface area contributed by atoms with E-state index in [1.807, 2.05) is 0 Å². The van der Waals surface area contributed by atoms with E-state index in [1.54, 1.807) is 0 Å². The number of methoxy groups -OCH3 is 1. The summed E-state index contributed by atoms with van der Waals surface area (Å²) in [5.74, 6) is -1.08. The maximum absolute atomic E-state index is 11.0. The first-order chi connectivity index (χ1) is 6.92. The van der Waals surface area contributed by atoms with Crippen LogP contribution in [0.15, 0.2) is 24.3 Å². The summed E-state index contributed by atoms with van der Waals surface area (Å²) in [6, 6.07) is 5.63. The standard InChI is InChI=1S/C9H10O5S/c1-14-9(10)8-4-2-7(3-5-8)6-15(11,12)13/h2-5H,6H2,1H3,(H,11,12,13)/p-1. The normalized spacial score (nSPS) is 11.1. The Morgan fingerprint density at radius 1 is 1.33 bits per heavy atom.